The minimum atomic E-state index is -0.267. The summed E-state index contributed by atoms with van der Waals surface area (Å²) in [6, 6.07) is 4.13. The summed E-state index contributed by atoms with van der Waals surface area (Å²) in [5, 5.41) is 4.90. The van der Waals surface area contributed by atoms with Gasteiger partial charge in [-0.2, -0.15) is 10.1 Å². The van der Waals surface area contributed by atoms with Gasteiger partial charge in [-0.15, -0.1) is 0 Å². The lowest BCUT2D eigenvalue weighted by atomic mass is 9.99. The van der Waals surface area contributed by atoms with Crippen LogP contribution >= 0.6 is 0 Å². The number of nitrogens with zero attached hydrogens (tertiary/aromatic N) is 4. The van der Waals surface area contributed by atoms with E-state index in [1.54, 1.807) is 10.9 Å². The number of fused-ring (bicyclic) bond motifs is 2. The van der Waals surface area contributed by atoms with Gasteiger partial charge < -0.3 is 14.4 Å². The van der Waals surface area contributed by atoms with Crippen molar-refractivity contribution in [2.75, 3.05) is 24.7 Å². The Labute approximate surface area is 175 Å². The van der Waals surface area contributed by atoms with E-state index in [0.717, 1.165) is 30.0 Å². The van der Waals surface area contributed by atoms with Gasteiger partial charge in [0.1, 0.15) is 5.39 Å². The SMILES string of the molecule is CCOc1cc2c(cc1OCC)CN(c1nc3c(cnn3C(C)(C)C)c(=O)[nH]1)CC2. The van der Waals surface area contributed by atoms with Crippen LogP contribution < -0.4 is 19.9 Å². The predicted molar refractivity (Wildman–Crippen MR) is 117 cm³/mol. The van der Waals surface area contributed by atoms with Crippen LogP contribution in [0.15, 0.2) is 23.1 Å². The molecule has 1 aliphatic rings. The van der Waals surface area contributed by atoms with E-state index in [2.05, 4.69) is 21.0 Å². The molecule has 0 atom stereocenters. The van der Waals surface area contributed by atoms with Crippen LogP contribution in [0.2, 0.25) is 0 Å². The molecule has 0 saturated heterocycles. The number of benzene rings is 1. The van der Waals surface area contributed by atoms with E-state index in [-0.39, 0.29) is 11.1 Å². The lowest BCUT2D eigenvalue weighted by molar-refractivity contribution is 0.287. The Bertz CT molecular complexity index is 1130. The van der Waals surface area contributed by atoms with E-state index < -0.39 is 0 Å². The first kappa shape index (κ1) is 20.3. The fraction of sp³-hybridized carbons (Fsp3) is 0.500. The number of ether oxygens (including phenoxy) is 2. The van der Waals surface area contributed by atoms with E-state index in [0.29, 0.717) is 36.7 Å². The minimum absolute atomic E-state index is 0.169. The van der Waals surface area contributed by atoms with Gasteiger partial charge in [0.05, 0.1) is 24.9 Å². The van der Waals surface area contributed by atoms with Crippen LogP contribution in [-0.4, -0.2) is 39.5 Å². The maximum Gasteiger partial charge on any atom is 0.263 e. The summed E-state index contributed by atoms with van der Waals surface area (Å²) in [4.78, 5) is 22.5. The lowest BCUT2D eigenvalue weighted by Crippen LogP contribution is -2.33. The van der Waals surface area contributed by atoms with Crippen molar-refractivity contribution in [3.05, 3.63) is 39.8 Å². The van der Waals surface area contributed by atoms with Gasteiger partial charge in [0.2, 0.25) is 5.95 Å². The largest absolute Gasteiger partial charge is 0.490 e. The number of rotatable bonds is 5. The summed E-state index contributed by atoms with van der Waals surface area (Å²) in [6.45, 7) is 12.6. The molecule has 30 heavy (non-hydrogen) atoms. The molecule has 0 saturated carbocycles. The van der Waals surface area contributed by atoms with Gasteiger partial charge in [-0.05, 0) is 64.3 Å². The summed E-state index contributed by atoms with van der Waals surface area (Å²) in [7, 11) is 0. The molecule has 8 heteroatoms. The monoisotopic (exact) mass is 411 g/mol. The molecule has 0 bridgehead atoms. The second-order valence-corrected chi connectivity index (χ2v) is 8.46. The number of nitrogens with one attached hydrogen (secondary N) is 1. The molecule has 3 aromatic rings. The van der Waals surface area contributed by atoms with Crippen LogP contribution in [0.4, 0.5) is 5.95 Å². The highest BCUT2D eigenvalue weighted by Gasteiger charge is 2.24. The lowest BCUT2D eigenvalue weighted by Gasteiger charge is -2.30. The van der Waals surface area contributed by atoms with E-state index in [1.165, 1.54) is 5.56 Å². The van der Waals surface area contributed by atoms with Crippen molar-refractivity contribution < 1.29 is 9.47 Å². The molecule has 1 aliphatic heterocycles. The Morgan fingerprint density at radius 3 is 2.40 bits per heavy atom. The van der Waals surface area contributed by atoms with Crippen LogP contribution in [0.1, 0.15) is 45.7 Å². The molecule has 0 aliphatic carbocycles. The maximum atomic E-state index is 12.7. The van der Waals surface area contributed by atoms with Crippen molar-refractivity contribution in [2.45, 2.75) is 53.1 Å². The van der Waals surface area contributed by atoms with Gasteiger partial charge in [0.25, 0.3) is 5.56 Å². The van der Waals surface area contributed by atoms with Gasteiger partial charge in [-0.25, -0.2) is 4.68 Å². The average molecular weight is 412 g/mol. The molecule has 0 amide bonds. The number of hydrogen-bond acceptors (Lipinski definition) is 6. The van der Waals surface area contributed by atoms with Gasteiger partial charge in [-0.3, -0.25) is 9.78 Å². The zero-order chi connectivity index (χ0) is 21.5. The third kappa shape index (κ3) is 3.62. The molecule has 1 N–H and O–H groups in total. The topological polar surface area (TPSA) is 85.3 Å². The first-order chi connectivity index (χ1) is 14.3. The fourth-order valence-electron chi connectivity index (χ4n) is 3.83. The van der Waals surface area contributed by atoms with Crippen molar-refractivity contribution in [3.63, 3.8) is 0 Å². The summed E-state index contributed by atoms with van der Waals surface area (Å²) >= 11 is 0. The smallest absolute Gasteiger partial charge is 0.263 e. The average Bonchev–Trinajstić information content (AvgIpc) is 3.13. The van der Waals surface area contributed by atoms with Crippen molar-refractivity contribution in [1.29, 1.82) is 0 Å². The Morgan fingerprint density at radius 1 is 1.10 bits per heavy atom. The highest BCUT2D eigenvalue weighted by Crippen LogP contribution is 2.34. The quantitative estimate of drug-likeness (QED) is 0.694. The maximum absolute atomic E-state index is 12.7. The van der Waals surface area contributed by atoms with Crippen molar-refractivity contribution in [1.82, 2.24) is 19.7 Å². The first-order valence-electron chi connectivity index (χ1n) is 10.5. The van der Waals surface area contributed by atoms with Crippen LogP contribution in [0, 0.1) is 0 Å². The molecule has 0 radical (unpaired) electrons. The van der Waals surface area contributed by atoms with Crippen molar-refractivity contribution in [2.24, 2.45) is 0 Å². The molecule has 0 spiro atoms. The van der Waals surface area contributed by atoms with Crippen molar-refractivity contribution >= 4 is 17.0 Å². The minimum Gasteiger partial charge on any atom is -0.490 e. The molecule has 4 rings (SSSR count). The molecule has 2 aromatic heterocycles. The molecule has 3 heterocycles. The zero-order valence-electron chi connectivity index (χ0n) is 18.3. The first-order valence-corrected chi connectivity index (χ1v) is 10.5. The molecular weight excluding hydrogens is 382 g/mol. The molecule has 0 fully saturated rings. The van der Waals surface area contributed by atoms with E-state index in [9.17, 15) is 4.79 Å². The normalized spacial score (nSPS) is 14.1. The molecule has 8 nitrogen and oxygen atoms in total. The summed E-state index contributed by atoms with van der Waals surface area (Å²) in [6.07, 6.45) is 2.42. The molecule has 0 unspecified atom stereocenters. The van der Waals surface area contributed by atoms with Crippen LogP contribution in [0.3, 0.4) is 0 Å². The predicted octanol–water partition coefficient (Wildman–Crippen LogP) is 3.23. The zero-order valence-corrected chi connectivity index (χ0v) is 18.3. The third-order valence-electron chi connectivity index (χ3n) is 5.24. The van der Waals surface area contributed by atoms with Gasteiger partial charge >= 0.3 is 0 Å². The number of anilines is 1. The summed E-state index contributed by atoms with van der Waals surface area (Å²) in [5.74, 6) is 2.10. The van der Waals surface area contributed by atoms with Gasteiger partial charge in [0, 0.05) is 13.1 Å². The van der Waals surface area contributed by atoms with Crippen molar-refractivity contribution in [3.8, 4) is 11.5 Å². The Morgan fingerprint density at radius 2 is 1.77 bits per heavy atom. The Hall–Kier alpha value is -3.03. The van der Waals surface area contributed by atoms with E-state index in [1.807, 2.05) is 40.7 Å². The van der Waals surface area contributed by atoms with Crippen LogP contribution in [0.5, 0.6) is 11.5 Å². The van der Waals surface area contributed by atoms with E-state index in [4.69, 9.17) is 14.5 Å². The van der Waals surface area contributed by atoms with Crippen LogP contribution in [-0.2, 0) is 18.5 Å². The molecule has 160 valence electrons. The molecular formula is C22H29N5O3. The summed E-state index contributed by atoms with van der Waals surface area (Å²) < 4.78 is 13.4. The second-order valence-electron chi connectivity index (χ2n) is 8.46. The highest BCUT2D eigenvalue weighted by atomic mass is 16.5. The molecule has 1 aromatic carbocycles. The highest BCUT2D eigenvalue weighted by molar-refractivity contribution is 5.75. The fourth-order valence-corrected chi connectivity index (χ4v) is 3.83. The number of aromatic nitrogens is 4. The Kier molecular flexibility index (Phi) is 5.17. The standard InChI is InChI=1S/C22H29N5O3/c1-6-29-17-10-14-8-9-26(13-15(14)11-18(17)30-7-2)21-24-19-16(20(28)25-21)12-23-27(19)22(3,4)5/h10-12H,6-9,13H2,1-5H3,(H,24,25,28). The van der Waals surface area contributed by atoms with E-state index >= 15 is 0 Å². The second kappa shape index (κ2) is 7.66. The van der Waals surface area contributed by atoms with Crippen LogP contribution in [0.25, 0.3) is 11.0 Å². The number of aromatic amines is 1. The third-order valence-corrected chi connectivity index (χ3v) is 5.24. The summed E-state index contributed by atoms with van der Waals surface area (Å²) in [5.41, 5.74) is 2.56. The number of H-pyrrole nitrogens is 1. The Balaban J connectivity index is 1.71. The van der Waals surface area contributed by atoms with Gasteiger partial charge in [-0.1, -0.05) is 0 Å². The van der Waals surface area contributed by atoms with Gasteiger partial charge in [0.15, 0.2) is 17.1 Å². The number of hydrogen-bond donors (Lipinski definition) is 1.